The van der Waals surface area contributed by atoms with Gasteiger partial charge in [0.2, 0.25) is 0 Å². The van der Waals surface area contributed by atoms with Crippen LogP contribution in [0, 0.1) is 0 Å². The van der Waals surface area contributed by atoms with E-state index in [1.807, 2.05) is 37.3 Å². The Hall–Kier alpha value is -1.87. The number of nitrogens with zero attached hydrogens (tertiary/aromatic N) is 1. The normalized spacial score (nSPS) is 11.9. The van der Waals surface area contributed by atoms with Crippen LogP contribution in [-0.4, -0.2) is 10.9 Å². The molecule has 0 aliphatic carbocycles. The van der Waals surface area contributed by atoms with Crippen LogP contribution >= 0.6 is 11.6 Å². The molecule has 0 saturated carbocycles. The summed E-state index contributed by atoms with van der Waals surface area (Å²) in [6, 6.07) is 11.3. The maximum atomic E-state index is 12.0. The van der Waals surface area contributed by atoms with Crippen molar-refractivity contribution in [2.75, 3.05) is 0 Å². The Labute approximate surface area is 111 Å². The van der Waals surface area contributed by atoms with Crippen LogP contribution in [0.4, 0.5) is 0 Å². The highest BCUT2D eigenvalue weighted by Gasteiger charge is 2.13. The first-order valence-electron chi connectivity index (χ1n) is 5.64. The van der Waals surface area contributed by atoms with E-state index in [4.69, 9.17) is 11.6 Å². The van der Waals surface area contributed by atoms with Gasteiger partial charge in [-0.2, -0.15) is 0 Å². The van der Waals surface area contributed by atoms with Gasteiger partial charge < -0.3 is 5.32 Å². The number of carbonyl (C=O) groups is 1. The molecule has 0 fully saturated rings. The Morgan fingerprint density at radius 3 is 2.67 bits per heavy atom. The molecule has 1 amide bonds. The molecule has 92 valence electrons. The Morgan fingerprint density at radius 1 is 1.28 bits per heavy atom. The minimum atomic E-state index is -0.196. The van der Waals surface area contributed by atoms with Gasteiger partial charge in [-0.15, -0.1) is 0 Å². The van der Waals surface area contributed by atoms with Crippen LogP contribution in [0.1, 0.15) is 28.9 Å². The molecular formula is C14H13ClN2O. The second kappa shape index (κ2) is 5.65. The van der Waals surface area contributed by atoms with Gasteiger partial charge in [0.15, 0.2) is 0 Å². The zero-order chi connectivity index (χ0) is 13.0. The van der Waals surface area contributed by atoms with E-state index < -0.39 is 0 Å². The van der Waals surface area contributed by atoms with Gasteiger partial charge in [-0.25, -0.2) is 0 Å². The first kappa shape index (κ1) is 12.6. The number of halogens is 1. The highest BCUT2D eigenvalue weighted by atomic mass is 35.5. The Balaban J connectivity index is 2.11. The molecule has 0 saturated heterocycles. The first-order chi connectivity index (χ1) is 8.68. The van der Waals surface area contributed by atoms with E-state index in [1.54, 1.807) is 12.3 Å². The van der Waals surface area contributed by atoms with E-state index in [-0.39, 0.29) is 11.9 Å². The summed E-state index contributed by atoms with van der Waals surface area (Å²) in [6.07, 6.45) is 3.01. The highest BCUT2D eigenvalue weighted by Crippen LogP contribution is 2.16. The van der Waals surface area contributed by atoms with Gasteiger partial charge in [0, 0.05) is 12.4 Å². The molecule has 2 rings (SSSR count). The van der Waals surface area contributed by atoms with Gasteiger partial charge in [-0.05, 0) is 18.6 Å². The Morgan fingerprint density at radius 2 is 2.00 bits per heavy atom. The van der Waals surface area contributed by atoms with Gasteiger partial charge in [0.25, 0.3) is 5.91 Å². The number of rotatable bonds is 3. The third-order valence-electron chi connectivity index (χ3n) is 2.66. The smallest absolute Gasteiger partial charge is 0.253 e. The molecule has 0 unspecified atom stereocenters. The van der Waals surface area contributed by atoms with Crippen LogP contribution in [0.15, 0.2) is 48.8 Å². The maximum Gasteiger partial charge on any atom is 0.253 e. The van der Waals surface area contributed by atoms with Crippen LogP contribution in [0.3, 0.4) is 0 Å². The van der Waals surface area contributed by atoms with Crippen molar-refractivity contribution in [1.29, 1.82) is 0 Å². The second-order valence-corrected chi connectivity index (χ2v) is 4.37. The van der Waals surface area contributed by atoms with E-state index in [0.29, 0.717) is 10.6 Å². The van der Waals surface area contributed by atoms with Crippen LogP contribution in [0.5, 0.6) is 0 Å². The standard InChI is InChI=1S/C14H13ClN2O/c1-10(11-5-3-2-4-6-11)17-14(18)12-7-8-16-9-13(12)15/h2-10H,1H3,(H,17,18)/t10-/m1/s1. The fourth-order valence-corrected chi connectivity index (χ4v) is 1.86. The average molecular weight is 261 g/mol. The summed E-state index contributed by atoms with van der Waals surface area (Å²) < 4.78 is 0. The van der Waals surface area contributed by atoms with Crippen LogP contribution in [0.2, 0.25) is 5.02 Å². The number of carbonyl (C=O) groups excluding carboxylic acids is 1. The molecule has 1 N–H and O–H groups in total. The van der Waals surface area contributed by atoms with Crippen molar-refractivity contribution in [3.63, 3.8) is 0 Å². The van der Waals surface area contributed by atoms with Crippen molar-refractivity contribution in [3.05, 3.63) is 64.9 Å². The zero-order valence-electron chi connectivity index (χ0n) is 9.93. The third kappa shape index (κ3) is 2.87. The van der Waals surface area contributed by atoms with Crippen LogP contribution < -0.4 is 5.32 Å². The quantitative estimate of drug-likeness (QED) is 0.921. The predicted octanol–water partition coefficient (Wildman–Crippen LogP) is 3.23. The monoisotopic (exact) mass is 260 g/mol. The second-order valence-electron chi connectivity index (χ2n) is 3.96. The van der Waals surface area contributed by atoms with Gasteiger partial charge in [-0.1, -0.05) is 41.9 Å². The number of pyridine rings is 1. The van der Waals surface area contributed by atoms with Crippen molar-refractivity contribution >= 4 is 17.5 Å². The largest absolute Gasteiger partial charge is 0.345 e. The van der Waals surface area contributed by atoms with Crippen molar-refractivity contribution in [2.24, 2.45) is 0 Å². The Kier molecular flexibility index (Phi) is 3.95. The zero-order valence-corrected chi connectivity index (χ0v) is 10.7. The fourth-order valence-electron chi connectivity index (χ4n) is 1.66. The minimum absolute atomic E-state index is 0.0667. The van der Waals surface area contributed by atoms with Gasteiger partial charge in [0.1, 0.15) is 0 Å². The molecule has 1 heterocycles. The summed E-state index contributed by atoms with van der Waals surface area (Å²) in [5.74, 6) is -0.196. The fraction of sp³-hybridized carbons (Fsp3) is 0.143. The predicted molar refractivity (Wildman–Crippen MR) is 71.6 cm³/mol. The molecule has 1 aromatic heterocycles. The summed E-state index contributed by atoms with van der Waals surface area (Å²) in [5.41, 5.74) is 1.49. The molecular weight excluding hydrogens is 248 g/mol. The van der Waals surface area contributed by atoms with Crippen molar-refractivity contribution in [2.45, 2.75) is 13.0 Å². The molecule has 3 nitrogen and oxygen atoms in total. The van der Waals surface area contributed by atoms with Crippen molar-refractivity contribution in [1.82, 2.24) is 10.3 Å². The lowest BCUT2D eigenvalue weighted by Crippen LogP contribution is -2.26. The molecule has 0 radical (unpaired) electrons. The number of nitrogens with one attached hydrogen (secondary N) is 1. The van der Waals surface area contributed by atoms with E-state index in [0.717, 1.165) is 5.56 Å². The van der Waals surface area contributed by atoms with Crippen molar-refractivity contribution in [3.8, 4) is 0 Å². The molecule has 1 atom stereocenters. The molecule has 0 bridgehead atoms. The molecule has 2 aromatic rings. The lowest BCUT2D eigenvalue weighted by atomic mass is 10.1. The van der Waals surface area contributed by atoms with Crippen LogP contribution in [0.25, 0.3) is 0 Å². The van der Waals surface area contributed by atoms with Gasteiger partial charge in [0.05, 0.1) is 16.6 Å². The molecule has 1 aromatic carbocycles. The van der Waals surface area contributed by atoms with Gasteiger partial charge >= 0.3 is 0 Å². The van der Waals surface area contributed by atoms with Crippen molar-refractivity contribution < 1.29 is 4.79 Å². The highest BCUT2D eigenvalue weighted by molar-refractivity contribution is 6.33. The maximum absolute atomic E-state index is 12.0. The molecule has 18 heavy (non-hydrogen) atoms. The molecule has 0 spiro atoms. The van der Waals surface area contributed by atoms with E-state index in [1.165, 1.54) is 6.20 Å². The van der Waals surface area contributed by atoms with E-state index >= 15 is 0 Å². The van der Waals surface area contributed by atoms with E-state index in [9.17, 15) is 4.79 Å². The summed E-state index contributed by atoms with van der Waals surface area (Å²) in [6.45, 7) is 1.93. The summed E-state index contributed by atoms with van der Waals surface area (Å²) >= 11 is 5.93. The number of benzene rings is 1. The molecule has 4 heteroatoms. The number of hydrogen-bond donors (Lipinski definition) is 1. The molecule has 0 aliphatic heterocycles. The van der Waals surface area contributed by atoms with Crippen LogP contribution in [-0.2, 0) is 0 Å². The topological polar surface area (TPSA) is 42.0 Å². The lowest BCUT2D eigenvalue weighted by Gasteiger charge is -2.14. The molecule has 0 aliphatic rings. The Bertz CT molecular complexity index is 543. The summed E-state index contributed by atoms with van der Waals surface area (Å²) in [5, 5.41) is 3.26. The average Bonchev–Trinajstić information content (AvgIpc) is 2.40. The third-order valence-corrected chi connectivity index (χ3v) is 2.97. The SMILES string of the molecule is C[C@@H](NC(=O)c1ccncc1Cl)c1ccccc1. The van der Waals surface area contributed by atoms with Gasteiger partial charge in [-0.3, -0.25) is 9.78 Å². The number of aromatic nitrogens is 1. The summed E-state index contributed by atoms with van der Waals surface area (Å²) in [4.78, 5) is 15.9. The number of hydrogen-bond acceptors (Lipinski definition) is 2. The summed E-state index contributed by atoms with van der Waals surface area (Å²) in [7, 11) is 0. The number of amides is 1. The lowest BCUT2D eigenvalue weighted by molar-refractivity contribution is 0.0940. The minimum Gasteiger partial charge on any atom is -0.345 e. The first-order valence-corrected chi connectivity index (χ1v) is 6.01. The van der Waals surface area contributed by atoms with E-state index in [2.05, 4.69) is 10.3 Å².